The third-order valence-electron chi connectivity index (χ3n) is 14.7. The second kappa shape index (κ2) is 57.2. The van der Waals surface area contributed by atoms with E-state index in [2.05, 4.69) is 62.5 Å². The Hall–Kier alpha value is -2.03. The van der Waals surface area contributed by atoms with Gasteiger partial charge in [-0.3, -0.25) is 14.2 Å². The van der Waals surface area contributed by atoms with Crippen LogP contribution < -0.4 is 10.2 Å². The van der Waals surface area contributed by atoms with E-state index >= 15 is 0 Å². The predicted molar refractivity (Wildman–Crippen MR) is 330 cm³/mol. The molecule has 3 atom stereocenters. The Bertz CT molecular complexity index is 1460. The molecule has 0 aliphatic carbocycles. The molecule has 0 aromatic heterocycles. The van der Waals surface area contributed by atoms with Crippen molar-refractivity contribution in [2.75, 3.05) is 40.9 Å². The molecule has 10 heteroatoms. The van der Waals surface area contributed by atoms with Gasteiger partial charge in [0, 0.05) is 12.8 Å². The molecule has 0 spiro atoms. The number of hydrogen-bond acceptors (Lipinski definition) is 7. The fourth-order valence-corrected chi connectivity index (χ4v) is 10.3. The van der Waals surface area contributed by atoms with Crippen molar-refractivity contribution in [3.05, 3.63) is 48.6 Å². The van der Waals surface area contributed by atoms with Crippen molar-refractivity contribution in [3.63, 3.8) is 0 Å². The zero-order valence-corrected chi connectivity index (χ0v) is 52.6. The maximum Gasteiger partial charge on any atom is 0.306 e. The van der Waals surface area contributed by atoms with E-state index in [1.165, 1.54) is 205 Å². The van der Waals surface area contributed by atoms with Crippen molar-refractivity contribution in [1.82, 2.24) is 5.32 Å². The van der Waals surface area contributed by atoms with Gasteiger partial charge in [-0.25, -0.2) is 0 Å². The average Bonchev–Trinajstić information content (AvgIpc) is 3.39. The molecule has 0 rings (SSSR count). The van der Waals surface area contributed by atoms with Gasteiger partial charge in [-0.15, -0.1) is 0 Å². The van der Waals surface area contributed by atoms with Gasteiger partial charge in [0.2, 0.25) is 5.91 Å². The van der Waals surface area contributed by atoms with Gasteiger partial charge in [-0.2, -0.15) is 0 Å². The highest BCUT2D eigenvalue weighted by Gasteiger charge is 2.27. The number of likely N-dealkylation sites (N-methyl/N-ethyl adjacent to an activating group) is 1. The molecule has 9 nitrogen and oxygen atoms in total. The molecule has 1 amide bonds. The molecule has 0 saturated heterocycles. The van der Waals surface area contributed by atoms with Crippen LogP contribution in [0, 0.1) is 0 Å². The van der Waals surface area contributed by atoms with Crippen LogP contribution in [0.5, 0.6) is 0 Å². The lowest BCUT2D eigenvalue weighted by atomic mass is 10.0. The van der Waals surface area contributed by atoms with Crippen molar-refractivity contribution < 1.29 is 37.3 Å². The zero-order chi connectivity index (χ0) is 56.4. The minimum absolute atomic E-state index is 0.0228. The lowest BCUT2D eigenvalue weighted by molar-refractivity contribution is -0.870. The van der Waals surface area contributed by atoms with Gasteiger partial charge in [0.1, 0.15) is 19.3 Å². The van der Waals surface area contributed by atoms with Gasteiger partial charge in [-0.1, -0.05) is 262 Å². The lowest BCUT2D eigenvalue weighted by Gasteiger charge is -2.30. The van der Waals surface area contributed by atoms with Crippen LogP contribution in [0.1, 0.15) is 316 Å². The molecule has 0 fully saturated rings. The number of nitrogens with one attached hydrogen (secondary N) is 1. The molecule has 0 bridgehead atoms. The molecule has 3 unspecified atom stereocenters. The van der Waals surface area contributed by atoms with Crippen LogP contribution in [0.2, 0.25) is 0 Å². The van der Waals surface area contributed by atoms with Gasteiger partial charge in [0.15, 0.2) is 0 Å². The van der Waals surface area contributed by atoms with Crippen LogP contribution in [0.3, 0.4) is 0 Å². The van der Waals surface area contributed by atoms with Crippen LogP contribution in [0.15, 0.2) is 48.6 Å². The third-order valence-corrected chi connectivity index (χ3v) is 15.7. The number of ether oxygens (including phenoxy) is 1. The molecule has 0 heterocycles. The molecular formula is C67H127N2O7P. The lowest BCUT2D eigenvalue weighted by Crippen LogP contribution is -2.47. The summed E-state index contributed by atoms with van der Waals surface area (Å²) >= 11 is 0. The number of carbonyl (C=O) groups is 2. The molecule has 0 saturated carbocycles. The Morgan fingerprint density at radius 2 is 0.792 bits per heavy atom. The first-order chi connectivity index (χ1) is 37.4. The van der Waals surface area contributed by atoms with Crippen molar-refractivity contribution in [1.29, 1.82) is 0 Å². The van der Waals surface area contributed by atoms with Gasteiger partial charge >= 0.3 is 5.97 Å². The zero-order valence-electron chi connectivity index (χ0n) is 51.7. The van der Waals surface area contributed by atoms with E-state index in [-0.39, 0.29) is 31.5 Å². The molecule has 77 heavy (non-hydrogen) atoms. The van der Waals surface area contributed by atoms with Gasteiger partial charge < -0.3 is 28.5 Å². The number of hydrogen-bond donors (Lipinski definition) is 1. The van der Waals surface area contributed by atoms with E-state index in [1.807, 2.05) is 33.3 Å². The van der Waals surface area contributed by atoms with E-state index in [9.17, 15) is 19.0 Å². The van der Waals surface area contributed by atoms with Crippen molar-refractivity contribution in [2.24, 2.45) is 0 Å². The maximum absolute atomic E-state index is 13.6. The molecule has 1 N–H and O–H groups in total. The number of esters is 1. The Kier molecular flexibility index (Phi) is 55.7. The van der Waals surface area contributed by atoms with E-state index in [4.69, 9.17) is 13.8 Å². The van der Waals surface area contributed by atoms with Crippen molar-refractivity contribution >= 4 is 19.7 Å². The first-order valence-corrected chi connectivity index (χ1v) is 34.4. The Labute approximate surface area is 478 Å². The summed E-state index contributed by atoms with van der Waals surface area (Å²) < 4.78 is 30.4. The number of rotatable bonds is 60. The highest BCUT2D eigenvalue weighted by molar-refractivity contribution is 7.45. The van der Waals surface area contributed by atoms with Gasteiger partial charge in [0.05, 0.1) is 33.8 Å². The highest BCUT2D eigenvalue weighted by atomic mass is 31.2. The number of phosphoric ester groups is 1. The standard InChI is InChI=1S/C67H127N2O7P/c1-7-10-13-16-19-22-25-28-30-32-34-36-38-41-44-47-50-53-56-59-66(70)68-64(63-75-77(72,73)74-62-61-69(4,5)6)65(58-55-52-49-46-43-40-27-24-21-18-15-12-9-3)76-67(71)60-57-54-51-48-45-42-39-37-35-33-31-29-26-23-20-17-14-11-8-2/h19,22,28-31,55,58,64-65H,7-18,20-21,23-27,32-54,56-57,59-63H2,1-6H3,(H-,68,70,72,73)/b22-19-,30-28-,31-29+,58-55+. The minimum atomic E-state index is -4.70. The van der Waals surface area contributed by atoms with Crippen LogP contribution in [-0.2, 0) is 27.9 Å². The number of amides is 1. The number of unbranched alkanes of at least 4 members (excludes halogenated alkanes) is 38. The number of carbonyl (C=O) groups excluding carboxylic acids is 2. The number of nitrogens with zero attached hydrogens (tertiary/aromatic N) is 1. The third kappa shape index (κ3) is 58.4. The summed E-state index contributed by atoms with van der Waals surface area (Å²) in [5.41, 5.74) is 0. The molecule has 0 aliphatic heterocycles. The quantitative estimate of drug-likeness (QED) is 0.0212. The van der Waals surface area contributed by atoms with E-state index in [0.29, 0.717) is 17.4 Å². The summed E-state index contributed by atoms with van der Waals surface area (Å²) in [6.07, 6.45) is 70.7. The first-order valence-electron chi connectivity index (χ1n) is 32.9. The minimum Gasteiger partial charge on any atom is -0.756 e. The predicted octanol–water partition coefficient (Wildman–Crippen LogP) is 19.8. The summed E-state index contributed by atoms with van der Waals surface area (Å²) in [6, 6.07) is -0.891. The highest BCUT2D eigenvalue weighted by Crippen LogP contribution is 2.38. The molecule has 0 aromatic rings. The fraction of sp³-hybridized carbons (Fsp3) is 0.851. The smallest absolute Gasteiger partial charge is 0.306 e. The maximum atomic E-state index is 13.6. The van der Waals surface area contributed by atoms with Crippen LogP contribution in [-0.4, -0.2) is 69.4 Å². The van der Waals surface area contributed by atoms with Gasteiger partial charge in [-0.05, 0) is 89.5 Å². The monoisotopic (exact) mass is 1100 g/mol. The van der Waals surface area contributed by atoms with E-state index < -0.39 is 20.0 Å². The van der Waals surface area contributed by atoms with Crippen LogP contribution >= 0.6 is 7.82 Å². The summed E-state index contributed by atoms with van der Waals surface area (Å²) in [6.45, 7) is 6.85. The van der Waals surface area contributed by atoms with Crippen LogP contribution in [0.25, 0.3) is 0 Å². The van der Waals surface area contributed by atoms with Crippen molar-refractivity contribution in [2.45, 2.75) is 328 Å². The van der Waals surface area contributed by atoms with Crippen LogP contribution in [0.4, 0.5) is 0 Å². The number of allylic oxidation sites excluding steroid dienone is 7. The first kappa shape index (κ1) is 75.0. The summed E-state index contributed by atoms with van der Waals surface area (Å²) in [5.74, 6) is -0.537. The number of quaternary nitrogens is 1. The Balaban J connectivity index is 5.22. The molecule has 0 radical (unpaired) electrons. The fourth-order valence-electron chi connectivity index (χ4n) is 9.61. The topological polar surface area (TPSA) is 114 Å². The summed E-state index contributed by atoms with van der Waals surface area (Å²) in [4.78, 5) is 40.1. The molecule has 0 aromatic carbocycles. The molecule has 452 valence electrons. The SMILES string of the molecule is CCCCC/C=C\C/C=C\CCCCCCCCCCCC(=O)NC(COP(=O)([O-])OCC[N+](C)(C)C)C(/C=C/CCCCCCCCCCCCC)OC(=O)CCCCCCCCCCC/C=C/CCCCCCCC. The second-order valence-corrected chi connectivity index (χ2v) is 25.0. The Morgan fingerprint density at radius 3 is 1.21 bits per heavy atom. The summed E-state index contributed by atoms with van der Waals surface area (Å²) in [7, 11) is 1.19. The molecular weight excluding hydrogens is 976 g/mol. The van der Waals surface area contributed by atoms with E-state index in [1.54, 1.807) is 0 Å². The second-order valence-electron chi connectivity index (χ2n) is 23.6. The largest absolute Gasteiger partial charge is 0.756 e. The summed E-state index contributed by atoms with van der Waals surface area (Å²) in [5, 5.41) is 3.04. The Morgan fingerprint density at radius 1 is 0.455 bits per heavy atom. The normalized spacial score (nSPS) is 13.9. The van der Waals surface area contributed by atoms with Gasteiger partial charge in [0.25, 0.3) is 7.82 Å². The van der Waals surface area contributed by atoms with Crippen molar-refractivity contribution in [3.8, 4) is 0 Å². The number of phosphoric acid groups is 1. The average molecular weight is 1100 g/mol. The molecule has 0 aliphatic rings. The van der Waals surface area contributed by atoms with E-state index in [0.717, 1.165) is 77.0 Å².